The van der Waals surface area contributed by atoms with Crippen LogP contribution in [0.4, 0.5) is 4.79 Å². The molecule has 23 heavy (non-hydrogen) atoms. The lowest BCUT2D eigenvalue weighted by molar-refractivity contribution is 0.0518. The fourth-order valence-electron chi connectivity index (χ4n) is 3.55. The Hall–Kier alpha value is -1.97. The number of para-hydroxylation sites is 1. The fourth-order valence-corrected chi connectivity index (χ4v) is 3.55. The Bertz CT molecular complexity index is 712. The molecule has 0 aliphatic heterocycles. The number of carbonyl (C=O) groups excluding carboxylic acids is 1. The molecule has 1 aromatic carbocycles. The second-order valence-corrected chi connectivity index (χ2v) is 7.57. The highest BCUT2D eigenvalue weighted by Gasteiger charge is 2.31. The number of aromatic nitrogens is 1. The standard InChI is InChI=1S/C19H26N2O2/c1-12(11-20-18(22)23-19(2,3)4)13-9-10-16-17(13)14-7-5-6-8-15(14)21-16/h5-8,12-13,21H,9-11H2,1-4H3,(H,20,22). The third-order valence-corrected chi connectivity index (χ3v) is 4.56. The highest BCUT2D eigenvalue weighted by atomic mass is 16.6. The lowest BCUT2D eigenvalue weighted by Gasteiger charge is -2.23. The van der Waals surface area contributed by atoms with Crippen LogP contribution in [0.3, 0.4) is 0 Å². The van der Waals surface area contributed by atoms with E-state index in [0.29, 0.717) is 18.4 Å². The Labute approximate surface area is 137 Å². The number of aryl methyl sites for hydroxylation is 1. The number of aromatic amines is 1. The number of fused-ring (bicyclic) bond motifs is 3. The van der Waals surface area contributed by atoms with Crippen LogP contribution >= 0.6 is 0 Å². The number of ether oxygens (including phenoxy) is 1. The monoisotopic (exact) mass is 314 g/mol. The number of benzene rings is 1. The van der Waals surface area contributed by atoms with Crippen LogP contribution in [0.2, 0.25) is 0 Å². The van der Waals surface area contributed by atoms with Gasteiger partial charge in [-0.05, 0) is 57.1 Å². The molecule has 4 heteroatoms. The molecule has 2 aromatic rings. The fraction of sp³-hybridized carbons (Fsp3) is 0.526. The normalized spacial score (nSPS) is 18.7. The third-order valence-electron chi connectivity index (χ3n) is 4.56. The maximum Gasteiger partial charge on any atom is 0.407 e. The number of hydrogen-bond acceptors (Lipinski definition) is 2. The SMILES string of the molecule is CC(CNC(=O)OC(C)(C)C)C1CCc2[nH]c3ccccc3c21. The van der Waals surface area contributed by atoms with Gasteiger partial charge in [0.1, 0.15) is 5.60 Å². The van der Waals surface area contributed by atoms with Crippen LogP contribution in [0.5, 0.6) is 0 Å². The number of H-pyrrole nitrogens is 1. The first-order chi connectivity index (χ1) is 10.8. The van der Waals surface area contributed by atoms with Crippen LogP contribution in [0.15, 0.2) is 24.3 Å². The quantitative estimate of drug-likeness (QED) is 0.884. The minimum Gasteiger partial charge on any atom is -0.444 e. The highest BCUT2D eigenvalue weighted by Crippen LogP contribution is 2.42. The molecule has 2 N–H and O–H groups in total. The van der Waals surface area contributed by atoms with Gasteiger partial charge < -0.3 is 15.0 Å². The zero-order valence-electron chi connectivity index (χ0n) is 14.4. The number of nitrogens with one attached hydrogen (secondary N) is 2. The molecule has 2 unspecified atom stereocenters. The van der Waals surface area contributed by atoms with Crippen LogP contribution < -0.4 is 5.32 Å². The van der Waals surface area contributed by atoms with Crippen LogP contribution in [0, 0.1) is 5.92 Å². The number of alkyl carbamates (subject to hydrolysis) is 1. The summed E-state index contributed by atoms with van der Waals surface area (Å²) in [5, 5.41) is 4.24. The molecular weight excluding hydrogens is 288 g/mol. The third kappa shape index (κ3) is 3.36. The molecule has 1 amide bonds. The number of hydrogen-bond donors (Lipinski definition) is 2. The van der Waals surface area contributed by atoms with Crippen molar-refractivity contribution in [3.8, 4) is 0 Å². The molecule has 0 saturated heterocycles. The Kier molecular flexibility index (Phi) is 4.09. The molecule has 1 aliphatic carbocycles. The van der Waals surface area contributed by atoms with E-state index in [2.05, 4.69) is 41.5 Å². The van der Waals surface area contributed by atoms with Crippen LogP contribution in [0.25, 0.3) is 10.9 Å². The van der Waals surface area contributed by atoms with E-state index in [-0.39, 0.29) is 6.09 Å². The number of carbonyl (C=O) groups is 1. The molecule has 2 atom stereocenters. The predicted octanol–water partition coefficient (Wildman–Crippen LogP) is 4.36. The first kappa shape index (κ1) is 15.9. The van der Waals surface area contributed by atoms with Gasteiger partial charge in [-0.25, -0.2) is 4.79 Å². The van der Waals surface area contributed by atoms with E-state index < -0.39 is 5.60 Å². The van der Waals surface area contributed by atoms with Gasteiger partial charge in [0.2, 0.25) is 0 Å². The van der Waals surface area contributed by atoms with Gasteiger partial charge in [-0.1, -0.05) is 25.1 Å². The van der Waals surface area contributed by atoms with Gasteiger partial charge in [-0.2, -0.15) is 0 Å². The van der Waals surface area contributed by atoms with Crippen LogP contribution in [0.1, 0.15) is 51.3 Å². The number of rotatable bonds is 3. The summed E-state index contributed by atoms with van der Waals surface area (Å²) in [7, 11) is 0. The second-order valence-electron chi connectivity index (χ2n) is 7.57. The van der Waals surface area contributed by atoms with E-state index in [4.69, 9.17) is 4.74 Å². The smallest absolute Gasteiger partial charge is 0.407 e. The molecule has 1 aromatic heterocycles. The average Bonchev–Trinajstić information content (AvgIpc) is 3.01. The van der Waals surface area contributed by atoms with E-state index >= 15 is 0 Å². The van der Waals surface area contributed by atoms with Crippen molar-refractivity contribution < 1.29 is 9.53 Å². The van der Waals surface area contributed by atoms with E-state index in [9.17, 15) is 4.79 Å². The van der Waals surface area contributed by atoms with E-state index in [1.807, 2.05) is 20.8 Å². The van der Waals surface area contributed by atoms with Gasteiger partial charge in [0.25, 0.3) is 0 Å². The molecule has 1 heterocycles. The molecule has 1 aliphatic rings. The van der Waals surface area contributed by atoms with Gasteiger partial charge in [-0.3, -0.25) is 0 Å². The summed E-state index contributed by atoms with van der Waals surface area (Å²) in [6, 6.07) is 8.48. The number of amides is 1. The molecule has 0 fully saturated rings. The van der Waals surface area contributed by atoms with Crippen molar-refractivity contribution in [3.63, 3.8) is 0 Å². The van der Waals surface area contributed by atoms with Crippen molar-refractivity contribution in [3.05, 3.63) is 35.5 Å². The largest absolute Gasteiger partial charge is 0.444 e. The average molecular weight is 314 g/mol. The van der Waals surface area contributed by atoms with Crippen molar-refractivity contribution >= 4 is 17.0 Å². The summed E-state index contributed by atoms with van der Waals surface area (Å²) >= 11 is 0. The van der Waals surface area contributed by atoms with Crippen molar-refractivity contribution in [2.24, 2.45) is 5.92 Å². The van der Waals surface area contributed by atoms with Crippen molar-refractivity contribution in [2.75, 3.05) is 6.54 Å². The summed E-state index contributed by atoms with van der Waals surface area (Å²) in [6.45, 7) is 8.49. The van der Waals surface area contributed by atoms with Gasteiger partial charge >= 0.3 is 6.09 Å². The first-order valence-corrected chi connectivity index (χ1v) is 8.41. The maximum absolute atomic E-state index is 11.8. The Morgan fingerprint density at radius 1 is 1.39 bits per heavy atom. The summed E-state index contributed by atoms with van der Waals surface area (Å²) in [5.41, 5.74) is 3.57. The predicted molar refractivity (Wildman–Crippen MR) is 92.8 cm³/mol. The van der Waals surface area contributed by atoms with Gasteiger partial charge in [-0.15, -0.1) is 0 Å². The molecule has 0 spiro atoms. The first-order valence-electron chi connectivity index (χ1n) is 8.41. The molecule has 4 nitrogen and oxygen atoms in total. The van der Waals surface area contributed by atoms with Gasteiger partial charge in [0.05, 0.1) is 0 Å². The van der Waals surface area contributed by atoms with Crippen molar-refractivity contribution in [1.82, 2.24) is 10.3 Å². The zero-order chi connectivity index (χ0) is 16.6. The topological polar surface area (TPSA) is 54.1 Å². The summed E-state index contributed by atoms with van der Waals surface area (Å²) in [5.74, 6) is 0.860. The minimum absolute atomic E-state index is 0.332. The molecular formula is C19H26N2O2. The van der Waals surface area contributed by atoms with Gasteiger partial charge in [0.15, 0.2) is 0 Å². The van der Waals surface area contributed by atoms with Crippen LogP contribution in [-0.4, -0.2) is 23.2 Å². The molecule has 124 valence electrons. The van der Waals surface area contributed by atoms with Crippen molar-refractivity contribution in [2.45, 2.75) is 52.1 Å². The Morgan fingerprint density at radius 3 is 2.87 bits per heavy atom. The van der Waals surface area contributed by atoms with E-state index in [1.165, 1.54) is 22.2 Å². The zero-order valence-corrected chi connectivity index (χ0v) is 14.4. The Balaban J connectivity index is 1.69. The van der Waals surface area contributed by atoms with Crippen LogP contribution in [-0.2, 0) is 11.2 Å². The molecule has 0 bridgehead atoms. The summed E-state index contributed by atoms with van der Waals surface area (Å²) in [4.78, 5) is 15.4. The maximum atomic E-state index is 11.8. The molecule has 0 saturated carbocycles. The van der Waals surface area contributed by atoms with E-state index in [0.717, 1.165) is 12.8 Å². The lowest BCUT2D eigenvalue weighted by Crippen LogP contribution is -2.35. The van der Waals surface area contributed by atoms with Crippen molar-refractivity contribution in [1.29, 1.82) is 0 Å². The summed E-state index contributed by atoms with van der Waals surface area (Å²) < 4.78 is 5.32. The lowest BCUT2D eigenvalue weighted by atomic mass is 9.88. The van der Waals surface area contributed by atoms with E-state index in [1.54, 1.807) is 0 Å². The molecule has 0 radical (unpaired) electrons. The molecule has 3 rings (SSSR count). The van der Waals surface area contributed by atoms with Gasteiger partial charge in [0, 0.05) is 23.1 Å². The summed E-state index contributed by atoms with van der Waals surface area (Å²) in [6.07, 6.45) is 1.90. The minimum atomic E-state index is -0.454. The highest BCUT2D eigenvalue weighted by molar-refractivity contribution is 5.85. The Morgan fingerprint density at radius 2 is 2.13 bits per heavy atom. The second kappa shape index (κ2) is 5.91.